The van der Waals surface area contributed by atoms with E-state index in [-0.39, 0.29) is 12.0 Å². The fourth-order valence-electron chi connectivity index (χ4n) is 5.71. The normalized spacial score (nSPS) is 20.4. The topological polar surface area (TPSA) is 105 Å². The maximum absolute atomic E-state index is 13.1. The lowest BCUT2D eigenvalue weighted by Gasteiger charge is -2.30. The lowest BCUT2D eigenvalue weighted by atomic mass is 9.85. The third-order valence-corrected chi connectivity index (χ3v) is 7.69. The number of amides is 1. The van der Waals surface area contributed by atoms with Crippen LogP contribution >= 0.6 is 0 Å². The van der Waals surface area contributed by atoms with Crippen LogP contribution in [0.25, 0.3) is 33.3 Å². The molecule has 0 aromatic carbocycles. The van der Waals surface area contributed by atoms with E-state index in [1.54, 1.807) is 19.3 Å². The van der Waals surface area contributed by atoms with E-state index >= 15 is 0 Å². The van der Waals surface area contributed by atoms with Gasteiger partial charge in [0.05, 0.1) is 12.1 Å². The molecule has 2 fully saturated rings. The fraction of sp³-hybridized carbons (Fsp3) is 0.500. The average molecular weight is 509 g/mol. The molecule has 0 unspecified atom stereocenters. The molecule has 1 aliphatic carbocycles. The average Bonchev–Trinajstić information content (AvgIpc) is 3.63. The number of nitrogens with zero attached hydrogens (tertiary/aromatic N) is 6. The Kier molecular flexibility index (Phi) is 6.21. The largest absolute Gasteiger partial charge is 0.351 e. The van der Waals surface area contributed by atoms with Crippen LogP contribution in [0.15, 0.2) is 24.7 Å². The number of halogens is 2. The van der Waals surface area contributed by atoms with Gasteiger partial charge < -0.3 is 19.8 Å². The number of imidazole rings is 1. The number of carbonyl (C=O) groups is 1. The minimum atomic E-state index is -2.48. The summed E-state index contributed by atoms with van der Waals surface area (Å²) in [6, 6.07) is 2.07. The van der Waals surface area contributed by atoms with Gasteiger partial charge >= 0.3 is 0 Å². The molecule has 1 saturated carbocycles. The fourth-order valence-corrected chi connectivity index (χ4v) is 5.71. The van der Waals surface area contributed by atoms with Crippen LogP contribution in [0.2, 0.25) is 0 Å². The summed E-state index contributed by atoms with van der Waals surface area (Å²) in [5, 5.41) is 4.26. The number of likely N-dealkylation sites (tertiary alicyclic amines) is 1. The number of hydrogen-bond acceptors (Lipinski definition) is 6. The van der Waals surface area contributed by atoms with Crippen molar-refractivity contribution in [3.05, 3.63) is 30.5 Å². The Morgan fingerprint density at radius 2 is 1.92 bits per heavy atom. The Labute approximate surface area is 212 Å². The van der Waals surface area contributed by atoms with Gasteiger partial charge in [0.25, 0.3) is 6.43 Å². The maximum Gasteiger partial charge on any atom is 0.256 e. The van der Waals surface area contributed by atoms with E-state index in [1.165, 1.54) is 4.57 Å². The molecular formula is C26H30F2N8O. The van der Waals surface area contributed by atoms with Crippen molar-refractivity contribution < 1.29 is 13.6 Å². The van der Waals surface area contributed by atoms with Gasteiger partial charge in [0.2, 0.25) is 11.9 Å². The zero-order valence-corrected chi connectivity index (χ0v) is 20.8. The number of carbonyl (C=O) groups excluding carboxylic acids is 1. The lowest BCUT2D eigenvalue weighted by molar-refractivity contribution is -0.135. The number of rotatable bonds is 6. The van der Waals surface area contributed by atoms with Crippen LogP contribution in [0.1, 0.15) is 44.3 Å². The summed E-state index contributed by atoms with van der Waals surface area (Å²) in [6.07, 6.45) is 8.67. The number of hydrogen-bond donors (Lipinski definition) is 2. The number of pyridine rings is 1. The van der Waals surface area contributed by atoms with Crippen molar-refractivity contribution in [3.63, 3.8) is 0 Å². The molecule has 0 bridgehead atoms. The zero-order valence-electron chi connectivity index (χ0n) is 20.8. The summed E-state index contributed by atoms with van der Waals surface area (Å²) >= 11 is 0. The van der Waals surface area contributed by atoms with Gasteiger partial charge in [-0.1, -0.05) is 0 Å². The Morgan fingerprint density at radius 3 is 2.68 bits per heavy atom. The first kappa shape index (κ1) is 23.7. The molecule has 37 heavy (non-hydrogen) atoms. The molecule has 4 aromatic rings. The summed E-state index contributed by atoms with van der Waals surface area (Å²) in [5.41, 5.74) is 3.32. The monoisotopic (exact) mass is 508 g/mol. The van der Waals surface area contributed by atoms with Crippen LogP contribution in [-0.4, -0.2) is 65.9 Å². The first-order valence-corrected chi connectivity index (χ1v) is 13.0. The van der Waals surface area contributed by atoms with Gasteiger partial charge in [-0.25, -0.2) is 23.7 Å². The number of aryl methyl sites for hydroxylation is 1. The van der Waals surface area contributed by atoms with Gasteiger partial charge in [0, 0.05) is 60.2 Å². The van der Waals surface area contributed by atoms with E-state index in [1.807, 2.05) is 17.2 Å². The van der Waals surface area contributed by atoms with E-state index in [9.17, 15) is 13.6 Å². The molecule has 0 spiro atoms. The molecule has 2 N–H and O–H groups in total. The number of aromatic amines is 1. The van der Waals surface area contributed by atoms with Crippen LogP contribution in [0.3, 0.4) is 0 Å². The van der Waals surface area contributed by atoms with E-state index in [0.29, 0.717) is 34.5 Å². The van der Waals surface area contributed by atoms with Crippen molar-refractivity contribution in [2.45, 2.75) is 64.5 Å². The molecule has 0 atom stereocenters. The summed E-state index contributed by atoms with van der Waals surface area (Å²) < 4.78 is 27.7. The zero-order chi connectivity index (χ0) is 25.5. The van der Waals surface area contributed by atoms with Crippen LogP contribution in [0.4, 0.5) is 14.7 Å². The molecule has 5 heterocycles. The molecule has 1 aliphatic heterocycles. The second-order valence-electron chi connectivity index (χ2n) is 10.1. The van der Waals surface area contributed by atoms with Gasteiger partial charge in [-0.15, -0.1) is 0 Å². The highest BCUT2D eigenvalue weighted by molar-refractivity contribution is 5.95. The molecule has 2 aliphatic rings. The van der Waals surface area contributed by atoms with Crippen molar-refractivity contribution in [3.8, 4) is 11.1 Å². The molecule has 4 aromatic heterocycles. The number of H-pyrrole nitrogens is 1. The second-order valence-corrected chi connectivity index (χ2v) is 10.1. The Hall–Kier alpha value is -3.63. The minimum absolute atomic E-state index is 0.136. The van der Waals surface area contributed by atoms with Crippen molar-refractivity contribution in [1.82, 2.24) is 34.4 Å². The number of fused-ring (bicyclic) bond motifs is 2. The van der Waals surface area contributed by atoms with E-state index in [0.717, 1.165) is 68.1 Å². The number of aromatic nitrogens is 6. The van der Waals surface area contributed by atoms with Crippen molar-refractivity contribution in [2.24, 2.45) is 5.92 Å². The van der Waals surface area contributed by atoms with Gasteiger partial charge in [-0.05, 0) is 51.5 Å². The van der Waals surface area contributed by atoms with Gasteiger partial charge in [-0.3, -0.25) is 4.79 Å². The molecule has 1 saturated heterocycles. The molecule has 11 heteroatoms. The molecule has 9 nitrogen and oxygen atoms in total. The van der Waals surface area contributed by atoms with Crippen molar-refractivity contribution >= 4 is 34.1 Å². The minimum Gasteiger partial charge on any atom is -0.351 e. The van der Waals surface area contributed by atoms with Crippen LogP contribution < -0.4 is 5.32 Å². The van der Waals surface area contributed by atoms with Gasteiger partial charge in [-0.2, -0.15) is 4.98 Å². The summed E-state index contributed by atoms with van der Waals surface area (Å²) in [5.74, 6) is 1.52. The van der Waals surface area contributed by atoms with Crippen molar-refractivity contribution in [2.75, 3.05) is 18.4 Å². The van der Waals surface area contributed by atoms with Gasteiger partial charge in [0.1, 0.15) is 11.5 Å². The molecular weight excluding hydrogens is 478 g/mol. The Morgan fingerprint density at radius 1 is 1.14 bits per heavy atom. The standard InChI is InChI=1S/C26H30F2N8O/c1-15-32-24-21(36(15)14-22(27)28)10-17(11-29-24)19-12-30-23-20(19)13-31-26(34-23)33-18-6-4-16(5-7-18)25(37)35-8-2-3-9-35/h10-13,16,18,22H,2-9,14H2,1H3,(H2,30,31,33,34)/t16-,18+. The summed E-state index contributed by atoms with van der Waals surface area (Å²) in [6.45, 7) is 3.10. The third kappa shape index (κ3) is 4.62. The molecule has 6 rings (SSSR count). The van der Waals surface area contributed by atoms with E-state index < -0.39 is 13.0 Å². The van der Waals surface area contributed by atoms with E-state index in [4.69, 9.17) is 0 Å². The van der Waals surface area contributed by atoms with Gasteiger partial charge in [0.15, 0.2) is 5.65 Å². The number of alkyl halides is 2. The quantitative estimate of drug-likeness (QED) is 0.396. The first-order chi connectivity index (χ1) is 18.0. The Bertz CT molecular complexity index is 1430. The molecule has 1 amide bonds. The maximum atomic E-state index is 13.1. The van der Waals surface area contributed by atoms with Crippen LogP contribution in [0.5, 0.6) is 0 Å². The van der Waals surface area contributed by atoms with Crippen molar-refractivity contribution in [1.29, 1.82) is 0 Å². The number of anilines is 1. The summed E-state index contributed by atoms with van der Waals surface area (Å²) in [7, 11) is 0. The highest BCUT2D eigenvalue weighted by Gasteiger charge is 2.30. The van der Waals surface area contributed by atoms with E-state index in [2.05, 4.69) is 30.2 Å². The second kappa shape index (κ2) is 9.68. The van der Waals surface area contributed by atoms with Crippen LogP contribution in [0, 0.1) is 12.8 Å². The molecule has 0 radical (unpaired) electrons. The highest BCUT2D eigenvalue weighted by atomic mass is 19.3. The SMILES string of the molecule is Cc1nc2ncc(-c3c[nH]c4nc(N[C@H]5CC[C@@H](C(=O)N6CCCC6)CC5)ncc34)cc2n1CC(F)F. The van der Waals surface area contributed by atoms with Crippen LogP contribution in [-0.2, 0) is 11.3 Å². The smallest absolute Gasteiger partial charge is 0.256 e. The third-order valence-electron chi connectivity index (χ3n) is 7.69. The summed E-state index contributed by atoms with van der Waals surface area (Å²) in [4.78, 5) is 35.9. The predicted molar refractivity (Wildman–Crippen MR) is 136 cm³/mol. The molecule has 194 valence electrons. The Balaban J connectivity index is 1.17. The number of nitrogens with one attached hydrogen (secondary N) is 2. The first-order valence-electron chi connectivity index (χ1n) is 13.0. The lowest BCUT2D eigenvalue weighted by Crippen LogP contribution is -2.37. The highest BCUT2D eigenvalue weighted by Crippen LogP contribution is 2.31. The predicted octanol–water partition coefficient (Wildman–Crippen LogP) is 4.54.